The highest BCUT2D eigenvalue weighted by Crippen LogP contribution is 2.69. The van der Waals surface area contributed by atoms with Crippen LogP contribution in [0.25, 0.3) is 0 Å². The molecule has 6 nitrogen and oxygen atoms in total. The van der Waals surface area contributed by atoms with Crippen molar-refractivity contribution < 1.29 is 4.79 Å². The van der Waals surface area contributed by atoms with Crippen LogP contribution in [0.3, 0.4) is 0 Å². The van der Waals surface area contributed by atoms with Gasteiger partial charge >= 0.3 is 0 Å². The van der Waals surface area contributed by atoms with Crippen LogP contribution in [0.2, 0.25) is 0 Å². The largest absolute Gasteiger partial charge is 0.340 e. The van der Waals surface area contributed by atoms with Crippen molar-refractivity contribution >= 4 is 21.8 Å². The zero-order valence-corrected chi connectivity index (χ0v) is 16.4. The van der Waals surface area contributed by atoms with Gasteiger partial charge in [-0.15, -0.1) is 5.10 Å². The van der Waals surface area contributed by atoms with E-state index in [-0.39, 0.29) is 11.0 Å². The molecule has 0 N–H and O–H groups in total. The van der Waals surface area contributed by atoms with E-state index in [0.29, 0.717) is 22.5 Å². The van der Waals surface area contributed by atoms with Gasteiger partial charge in [0.05, 0.1) is 11.0 Å². The second-order valence-electron chi connectivity index (χ2n) is 8.65. The van der Waals surface area contributed by atoms with Crippen LogP contribution in [0.4, 0.5) is 0 Å². The molecule has 1 aliphatic heterocycles. The van der Waals surface area contributed by atoms with Gasteiger partial charge in [-0.1, -0.05) is 6.92 Å². The summed E-state index contributed by atoms with van der Waals surface area (Å²) in [5.74, 6) is 1.65. The first kappa shape index (κ1) is 16.2. The lowest BCUT2D eigenvalue weighted by atomic mass is 9.71. The Kier molecular flexibility index (Phi) is 3.59. The second-order valence-corrected chi connectivity index (χ2v) is 9.36. The molecule has 1 amide bonds. The number of hydrogen-bond donors (Lipinski definition) is 0. The number of carbonyl (C=O) groups is 1. The SMILES string of the molecule is CCN1CCN(C(=O)C23CC4CC2CC(n2cnc(Br)n2)(C4)C3)CC1. The van der Waals surface area contributed by atoms with E-state index in [0.717, 1.165) is 58.4 Å². The number of aromatic nitrogens is 3. The quantitative estimate of drug-likeness (QED) is 0.769. The highest BCUT2D eigenvalue weighted by atomic mass is 79.9. The van der Waals surface area contributed by atoms with E-state index in [1.165, 1.54) is 6.42 Å². The summed E-state index contributed by atoms with van der Waals surface area (Å²) in [6.07, 6.45) is 7.41. The minimum atomic E-state index is -0.129. The minimum absolute atomic E-state index is 0.0196. The van der Waals surface area contributed by atoms with Crippen LogP contribution < -0.4 is 0 Å². The maximum absolute atomic E-state index is 13.6. The van der Waals surface area contributed by atoms with Gasteiger partial charge in [0.1, 0.15) is 6.33 Å². The van der Waals surface area contributed by atoms with Crippen LogP contribution in [0.1, 0.15) is 39.0 Å². The molecule has 4 bridgehead atoms. The van der Waals surface area contributed by atoms with Gasteiger partial charge < -0.3 is 9.80 Å². The summed E-state index contributed by atoms with van der Waals surface area (Å²) in [6.45, 7) is 7.12. The summed E-state index contributed by atoms with van der Waals surface area (Å²) in [5.41, 5.74) is -0.110. The van der Waals surface area contributed by atoms with E-state index in [1.54, 1.807) is 0 Å². The Morgan fingerprint density at radius 1 is 1.28 bits per heavy atom. The van der Waals surface area contributed by atoms with Crippen molar-refractivity contribution in [3.05, 3.63) is 11.1 Å². The Hall–Kier alpha value is -0.950. The molecule has 25 heavy (non-hydrogen) atoms. The average molecular weight is 408 g/mol. The van der Waals surface area contributed by atoms with E-state index in [9.17, 15) is 4.79 Å². The number of carbonyl (C=O) groups excluding carboxylic acids is 1. The molecule has 1 aromatic heterocycles. The third-order valence-corrected chi connectivity index (χ3v) is 7.84. The van der Waals surface area contributed by atoms with E-state index in [1.807, 2.05) is 6.33 Å². The van der Waals surface area contributed by atoms with Gasteiger partial charge in [-0.3, -0.25) is 4.79 Å². The van der Waals surface area contributed by atoms with Crippen molar-refractivity contribution in [2.45, 2.75) is 44.6 Å². The van der Waals surface area contributed by atoms with Crippen LogP contribution in [0, 0.1) is 17.3 Å². The zero-order chi connectivity index (χ0) is 17.2. The molecule has 1 aromatic rings. The third kappa shape index (κ3) is 2.27. The summed E-state index contributed by atoms with van der Waals surface area (Å²) in [5, 5.41) is 4.57. The predicted octanol–water partition coefficient (Wildman–Crippen LogP) is 2.11. The Bertz CT molecular complexity index is 699. The molecule has 4 aliphatic carbocycles. The Balaban J connectivity index is 1.42. The molecule has 1 saturated heterocycles. The van der Waals surface area contributed by atoms with Crippen LogP contribution in [-0.2, 0) is 10.3 Å². The maximum Gasteiger partial charge on any atom is 0.229 e. The minimum Gasteiger partial charge on any atom is -0.340 e. The summed E-state index contributed by atoms with van der Waals surface area (Å²) < 4.78 is 2.72. The number of nitrogens with zero attached hydrogens (tertiary/aromatic N) is 5. The molecule has 0 radical (unpaired) electrons. The van der Waals surface area contributed by atoms with Gasteiger partial charge in [0.2, 0.25) is 10.6 Å². The van der Waals surface area contributed by atoms with Crippen molar-refractivity contribution in [1.82, 2.24) is 24.6 Å². The molecule has 6 rings (SSSR count). The number of rotatable bonds is 3. The number of likely N-dealkylation sites (N-methyl/N-ethyl adjacent to an activating group) is 1. The van der Waals surface area contributed by atoms with Crippen LogP contribution >= 0.6 is 15.9 Å². The molecule has 5 fully saturated rings. The van der Waals surface area contributed by atoms with Crippen molar-refractivity contribution in [3.63, 3.8) is 0 Å². The summed E-state index contributed by atoms with van der Waals surface area (Å²) in [6, 6.07) is 0. The van der Waals surface area contributed by atoms with Crippen LogP contribution in [0.15, 0.2) is 11.1 Å². The molecule has 7 heteroatoms. The van der Waals surface area contributed by atoms with Crippen LogP contribution in [0.5, 0.6) is 0 Å². The molecular formula is C18H26BrN5O. The van der Waals surface area contributed by atoms with E-state index in [4.69, 9.17) is 0 Å². The molecule has 5 aliphatic rings. The van der Waals surface area contributed by atoms with Gasteiger partial charge in [-0.05, 0) is 66.4 Å². The number of amides is 1. The van der Waals surface area contributed by atoms with Crippen molar-refractivity contribution in [2.75, 3.05) is 32.7 Å². The third-order valence-electron chi connectivity index (χ3n) is 7.47. The van der Waals surface area contributed by atoms with E-state index >= 15 is 0 Å². The first-order valence-corrected chi connectivity index (χ1v) is 10.4. The molecule has 0 spiro atoms. The van der Waals surface area contributed by atoms with Gasteiger partial charge in [-0.25, -0.2) is 9.67 Å². The molecule has 136 valence electrons. The molecule has 4 atom stereocenters. The summed E-state index contributed by atoms with van der Waals surface area (Å²) in [7, 11) is 0. The Morgan fingerprint density at radius 2 is 2.08 bits per heavy atom. The molecule has 0 aromatic carbocycles. The molecular weight excluding hydrogens is 382 g/mol. The molecule has 4 unspecified atom stereocenters. The lowest BCUT2D eigenvalue weighted by Gasteiger charge is -2.43. The zero-order valence-electron chi connectivity index (χ0n) is 14.8. The van der Waals surface area contributed by atoms with Gasteiger partial charge in [0.15, 0.2) is 0 Å². The van der Waals surface area contributed by atoms with Gasteiger partial charge in [0, 0.05) is 26.2 Å². The second kappa shape index (κ2) is 5.52. The fraction of sp³-hybridized carbons (Fsp3) is 0.833. The summed E-state index contributed by atoms with van der Waals surface area (Å²) in [4.78, 5) is 22.5. The lowest BCUT2D eigenvalue weighted by Crippen LogP contribution is -2.54. The lowest BCUT2D eigenvalue weighted by molar-refractivity contribution is -0.146. The highest BCUT2D eigenvalue weighted by Gasteiger charge is 2.68. The number of piperazine rings is 1. The van der Waals surface area contributed by atoms with E-state index < -0.39 is 0 Å². The fourth-order valence-corrected chi connectivity index (χ4v) is 6.78. The highest BCUT2D eigenvalue weighted by molar-refractivity contribution is 9.10. The van der Waals surface area contributed by atoms with Crippen LogP contribution in [-0.4, -0.2) is 63.2 Å². The fourth-order valence-electron chi connectivity index (χ4n) is 6.51. The maximum atomic E-state index is 13.6. The van der Waals surface area contributed by atoms with Gasteiger partial charge in [0.25, 0.3) is 0 Å². The average Bonchev–Trinajstić information content (AvgIpc) is 3.23. The smallest absolute Gasteiger partial charge is 0.229 e. The van der Waals surface area contributed by atoms with Gasteiger partial charge in [-0.2, -0.15) is 0 Å². The Labute approximate surface area is 157 Å². The Morgan fingerprint density at radius 3 is 2.76 bits per heavy atom. The topological polar surface area (TPSA) is 54.3 Å². The molecule has 4 saturated carbocycles. The normalized spacial score (nSPS) is 40.2. The first-order valence-electron chi connectivity index (χ1n) is 9.64. The van der Waals surface area contributed by atoms with E-state index in [2.05, 4.69) is 47.4 Å². The van der Waals surface area contributed by atoms with Crippen molar-refractivity contribution in [2.24, 2.45) is 17.3 Å². The predicted molar refractivity (Wildman–Crippen MR) is 96.9 cm³/mol. The first-order chi connectivity index (χ1) is 12.0. The monoisotopic (exact) mass is 407 g/mol. The van der Waals surface area contributed by atoms with Crippen molar-refractivity contribution in [3.8, 4) is 0 Å². The number of hydrogen-bond acceptors (Lipinski definition) is 4. The van der Waals surface area contributed by atoms with Crippen molar-refractivity contribution in [1.29, 1.82) is 0 Å². The molecule has 2 heterocycles. The summed E-state index contributed by atoms with van der Waals surface area (Å²) >= 11 is 3.39. The standard InChI is InChI=1S/C18H26BrN5O/c1-2-22-3-5-23(6-4-22)15(25)18-9-13-7-14(18)10-17(8-13,11-18)24-12-20-16(19)21-24/h12-14H,2-11H2,1H3. The number of halogens is 1.